The standard InChI is InChI=1S/C18H21N3O2/c1-13(2)23-9-5-8-20-18(22)14(11-19)10-15-12-21-17-7-4-3-6-16(15)17/h3-4,6-7,10,12-13,21H,5,8-9H2,1-2H3,(H,20,22)/b14-10-. The maximum absolute atomic E-state index is 12.1. The first-order chi connectivity index (χ1) is 11.1. The van der Waals surface area contributed by atoms with Crippen molar-refractivity contribution in [2.75, 3.05) is 13.2 Å². The lowest BCUT2D eigenvalue weighted by Crippen LogP contribution is -2.26. The SMILES string of the molecule is CC(C)OCCCNC(=O)/C(C#N)=C\c1c[nH]c2ccccc12. The number of fused-ring (bicyclic) bond motifs is 1. The molecule has 0 fully saturated rings. The van der Waals surface area contributed by atoms with Gasteiger partial charge in [-0.2, -0.15) is 5.26 Å². The zero-order chi connectivity index (χ0) is 16.7. The van der Waals surface area contributed by atoms with Crippen LogP contribution in [0.25, 0.3) is 17.0 Å². The first-order valence-electron chi connectivity index (χ1n) is 7.69. The predicted molar refractivity (Wildman–Crippen MR) is 90.6 cm³/mol. The van der Waals surface area contributed by atoms with Crippen molar-refractivity contribution in [3.8, 4) is 6.07 Å². The molecule has 0 aliphatic rings. The van der Waals surface area contributed by atoms with E-state index in [1.165, 1.54) is 0 Å². The van der Waals surface area contributed by atoms with E-state index in [0.29, 0.717) is 13.2 Å². The summed E-state index contributed by atoms with van der Waals surface area (Å²) in [5, 5.41) is 13.0. The molecule has 0 spiro atoms. The molecule has 2 rings (SSSR count). The van der Waals surface area contributed by atoms with Gasteiger partial charge in [0.05, 0.1) is 6.10 Å². The third-order valence-electron chi connectivity index (χ3n) is 3.34. The summed E-state index contributed by atoms with van der Waals surface area (Å²) in [7, 11) is 0. The summed E-state index contributed by atoms with van der Waals surface area (Å²) in [4.78, 5) is 15.2. The van der Waals surface area contributed by atoms with Crippen molar-refractivity contribution in [2.45, 2.75) is 26.4 Å². The summed E-state index contributed by atoms with van der Waals surface area (Å²) in [6, 6.07) is 9.73. The molecule has 0 saturated carbocycles. The maximum atomic E-state index is 12.1. The quantitative estimate of drug-likeness (QED) is 0.469. The first-order valence-corrected chi connectivity index (χ1v) is 7.69. The molecule has 23 heavy (non-hydrogen) atoms. The third kappa shape index (κ3) is 4.70. The largest absolute Gasteiger partial charge is 0.379 e. The molecular weight excluding hydrogens is 290 g/mol. The fourth-order valence-corrected chi connectivity index (χ4v) is 2.21. The Kier molecular flexibility index (Phi) is 5.95. The zero-order valence-electron chi connectivity index (χ0n) is 13.4. The zero-order valence-corrected chi connectivity index (χ0v) is 13.4. The van der Waals surface area contributed by atoms with Gasteiger partial charge in [-0.05, 0) is 32.4 Å². The molecule has 5 heteroatoms. The number of carbonyl (C=O) groups excluding carboxylic acids is 1. The van der Waals surface area contributed by atoms with Crippen LogP contribution in [0.15, 0.2) is 36.0 Å². The smallest absolute Gasteiger partial charge is 0.261 e. The lowest BCUT2D eigenvalue weighted by molar-refractivity contribution is -0.117. The van der Waals surface area contributed by atoms with Crippen LogP contribution in [-0.2, 0) is 9.53 Å². The van der Waals surface area contributed by atoms with E-state index in [2.05, 4.69) is 10.3 Å². The number of aromatic amines is 1. The Hall–Kier alpha value is -2.58. The molecule has 2 aromatic rings. The summed E-state index contributed by atoms with van der Waals surface area (Å²) in [5.74, 6) is -0.359. The number of carbonyl (C=O) groups is 1. The Morgan fingerprint density at radius 1 is 1.43 bits per heavy atom. The van der Waals surface area contributed by atoms with Crippen molar-refractivity contribution in [3.05, 3.63) is 41.6 Å². The number of nitriles is 1. The highest BCUT2D eigenvalue weighted by atomic mass is 16.5. The lowest BCUT2D eigenvalue weighted by atomic mass is 10.1. The molecule has 0 radical (unpaired) electrons. The molecular formula is C18H21N3O2. The van der Waals surface area contributed by atoms with Crippen LogP contribution in [0.4, 0.5) is 0 Å². The third-order valence-corrected chi connectivity index (χ3v) is 3.34. The van der Waals surface area contributed by atoms with Gasteiger partial charge in [-0.15, -0.1) is 0 Å². The average molecular weight is 311 g/mol. The number of para-hydroxylation sites is 1. The van der Waals surface area contributed by atoms with Gasteiger partial charge in [0.25, 0.3) is 5.91 Å². The van der Waals surface area contributed by atoms with Crippen LogP contribution in [0.2, 0.25) is 0 Å². The van der Waals surface area contributed by atoms with Gasteiger partial charge >= 0.3 is 0 Å². The summed E-state index contributed by atoms with van der Waals surface area (Å²) in [6.45, 7) is 5.01. The molecule has 0 aliphatic carbocycles. The second-order valence-corrected chi connectivity index (χ2v) is 5.49. The molecule has 1 heterocycles. The number of amides is 1. The molecule has 120 valence electrons. The van der Waals surface area contributed by atoms with Crippen LogP contribution in [0.1, 0.15) is 25.8 Å². The molecule has 1 aromatic carbocycles. The Balaban J connectivity index is 1.99. The number of rotatable bonds is 7. The summed E-state index contributed by atoms with van der Waals surface area (Å²) < 4.78 is 5.41. The van der Waals surface area contributed by atoms with Gasteiger partial charge in [0.1, 0.15) is 11.6 Å². The van der Waals surface area contributed by atoms with Gasteiger partial charge in [-0.3, -0.25) is 4.79 Å². The second-order valence-electron chi connectivity index (χ2n) is 5.49. The van der Waals surface area contributed by atoms with E-state index in [4.69, 9.17) is 4.74 Å². The van der Waals surface area contributed by atoms with E-state index >= 15 is 0 Å². The van der Waals surface area contributed by atoms with Gasteiger partial charge in [-0.1, -0.05) is 18.2 Å². The Morgan fingerprint density at radius 3 is 2.96 bits per heavy atom. The van der Waals surface area contributed by atoms with Gasteiger partial charge in [0, 0.05) is 35.8 Å². The highest BCUT2D eigenvalue weighted by Gasteiger charge is 2.10. The summed E-state index contributed by atoms with van der Waals surface area (Å²) in [6.07, 6.45) is 4.31. The number of benzene rings is 1. The fraction of sp³-hybridized carbons (Fsp3) is 0.333. The molecule has 2 N–H and O–H groups in total. The monoisotopic (exact) mass is 311 g/mol. The van der Waals surface area contributed by atoms with Crippen molar-refractivity contribution >= 4 is 22.9 Å². The molecule has 1 amide bonds. The van der Waals surface area contributed by atoms with Crippen LogP contribution in [0.3, 0.4) is 0 Å². The van der Waals surface area contributed by atoms with E-state index in [1.807, 2.05) is 44.2 Å². The molecule has 0 unspecified atom stereocenters. The predicted octanol–water partition coefficient (Wildman–Crippen LogP) is 3.01. The molecule has 5 nitrogen and oxygen atoms in total. The van der Waals surface area contributed by atoms with Crippen LogP contribution >= 0.6 is 0 Å². The maximum Gasteiger partial charge on any atom is 0.261 e. The van der Waals surface area contributed by atoms with E-state index in [0.717, 1.165) is 22.9 Å². The molecule has 0 aliphatic heterocycles. The Labute approximate surface area is 135 Å². The molecule has 0 saturated heterocycles. The number of aromatic nitrogens is 1. The average Bonchev–Trinajstić information content (AvgIpc) is 2.95. The van der Waals surface area contributed by atoms with Crippen LogP contribution in [-0.4, -0.2) is 30.1 Å². The Morgan fingerprint density at radius 2 is 2.22 bits per heavy atom. The van der Waals surface area contributed by atoms with E-state index < -0.39 is 0 Å². The van der Waals surface area contributed by atoms with Crippen LogP contribution in [0, 0.1) is 11.3 Å². The number of ether oxygens (including phenoxy) is 1. The van der Waals surface area contributed by atoms with Crippen molar-refractivity contribution in [1.29, 1.82) is 5.26 Å². The minimum Gasteiger partial charge on any atom is -0.379 e. The number of nitrogens with zero attached hydrogens (tertiary/aromatic N) is 1. The van der Waals surface area contributed by atoms with Crippen LogP contribution < -0.4 is 5.32 Å². The molecule has 0 bridgehead atoms. The van der Waals surface area contributed by atoms with Gasteiger partial charge < -0.3 is 15.0 Å². The Bertz CT molecular complexity index is 738. The summed E-state index contributed by atoms with van der Waals surface area (Å²) >= 11 is 0. The molecule has 0 atom stereocenters. The highest BCUT2D eigenvalue weighted by Crippen LogP contribution is 2.20. The van der Waals surface area contributed by atoms with Gasteiger partial charge in [0.2, 0.25) is 0 Å². The lowest BCUT2D eigenvalue weighted by Gasteiger charge is -2.07. The number of nitrogens with one attached hydrogen (secondary N) is 2. The van der Waals surface area contributed by atoms with E-state index in [1.54, 1.807) is 12.3 Å². The first kappa shape index (κ1) is 16.8. The van der Waals surface area contributed by atoms with Crippen molar-refractivity contribution in [3.63, 3.8) is 0 Å². The van der Waals surface area contributed by atoms with Gasteiger partial charge in [-0.25, -0.2) is 0 Å². The normalized spacial score (nSPS) is 11.7. The summed E-state index contributed by atoms with van der Waals surface area (Å²) in [5.41, 5.74) is 1.90. The number of hydrogen-bond acceptors (Lipinski definition) is 3. The van der Waals surface area contributed by atoms with E-state index in [9.17, 15) is 10.1 Å². The highest BCUT2D eigenvalue weighted by molar-refractivity contribution is 6.03. The topological polar surface area (TPSA) is 77.9 Å². The van der Waals surface area contributed by atoms with Gasteiger partial charge in [0.15, 0.2) is 0 Å². The minimum absolute atomic E-state index is 0.0968. The van der Waals surface area contributed by atoms with Crippen molar-refractivity contribution in [2.24, 2.45) is 0 Å². The van der Waals surface area contributed by atoms with Crippen LogP contribution in [0.5, 0.6) is 0 Å². The molecule has 1 aromatic heterocycles. The number of hydrogen-bond donors (Lipinski definition) is 2. The minimum atomic E-state index is -0.359. The fourth-order valence-electron chi connectivity index (χ4n) is 2.21. The second kappa shape index (κ2) is 8.16. The van der Waals surface area contributed by atoms with Crippen molar-refractivity contribution < 1.29 is 9.53 Å². The number of H-pyrrole nitrogens is 1. The van der Waals surface area contributed by atoms with E-state index in [-0.39, 0.29) is 17.6 Å². The van der Waals surface area contributed by atoms with Crippen molar-refractivity contribution in [1.82, 2.24) is 10.3 Å².